The minimum absolute atomic E-state index is 0.0252. The highest BCUT2D eigenvalue weighted by molar-refractivity contribution is 7.89. The summed E-state index contributed by atoms with van der Waals surface area (Å²) in [7, 11) is -3.16. The summed E-state index contributed by atoms with van der Waals surface area (Å²) in [6.07, 6.45) is 1.83. The van der Waals surface area contributed by atoms with E-state index in [2.05, 4.69) is 4.90 Å². The quantitative estimate of drug-likeness (QED) is 0.441. The molecule has 2 fully saturated rings. The first-order valence-corrected chi connectivity index (χ1v) is 15.1. The first-order chi connectivity index (χ1) is 18.7. The SMILES string of the molecule is CS(=O)(=O)Cc1cccc(CN2CN(c3ccccc3)C3(CCN(C(=O)OCc4ccccc4)CC3)C2=O)c1. The summed E-state index contributed by atoms with van der Waals surface area (Å²) >= 11 is 0. The van der Waals surface area contributed by atoms with Gasteiger partial charge in [-0.1, -0.05) is 72.8 Å². The van der Waals surface area contributed by atoms with Gasteiger partial charge in [-0.2, -0.15) is 0 Å². The topological polar surface area (TPSA) is 87.2 Å². The van der Waals surface area contributed by atoms with Crippen LogP contribution in [0.2, 0.25) is 0 Å². The predicted octanol–water partition coefficient (Wildman–Crippen LogP) is 4.21. The molecule has 8 nitrogen and oxygen atoms in total. The molecule has 39 heavy (non-hydrogen) atoms. The van der Waals surface area contributed by atoms with Gasteiger partial charge in [0.25, 0.3) is 0 Å². The Kier molecular flexibility index (Phi) is 7.61. The smallest absolute Gasteiger partial charge is 0.410 e. The van der Waals surface area contributed by atoms with Crippen molar-refractivity contribution in [1.29, 1.82) is 0 Å². The maximum absolute atomic E-state index is 14.0. The molecule has 5 rings (SSSR count). The number of amides is 2. The molecule has 9 heteroatoms. The van der Waals surface area contributed by atoms with Gasteiger partial charge in [-0.25, -0.2) is 13.2 Å². The maximum atomic E-state index is 14.0. The summed E-state index contributed by atoms with van der Waals surface area (Å²) in [6.45, 7) is 1.84. The van der Waals surface area contributed by atoms with Crippen molar-refractivity contribution in [3.8, 4) is 0 Å². The molecule has 0 aromatic heterocycles. The minimum atomic E-state index is -3.16. The van der Waals surface area contributed by atoms with E-state index in [4.69, 9.17) is 4.74 Å². The Labute approximate surface area is 229 Å². The van der Waals surface area contributed by atoms with Crippen molar-refractivity contribution in [2.75, 3.05) is 30.9 Å². The number of benzene rings is 3. The second kappa shape index (κ2) is 11.1. The van der Waals surface area contributed by atoms with Crippen molar-refractivity contribution in [3.05, 3.63) is 102 Å². The molecule has 2 amide bonds. The lowest BCUT2D eigenvalue weighted by Crippen LogP contribution is -2.57. The van der Waals surface area contributed by atoms with Gasteiger partial charge in [0.2, 0.25) is 5.91 Å². The van der Waals surface area contributed by atoms with Gasteiger partial charge >= 0.3 is 6.09 Å². The van der Waals surface area contributed by atoms with Gasteiger partial charge in [0.05, 0.1) is 12.4 Å². The van der Waals surface area contributed by atoms with Crippen molar-refractivity contribution in [3.63, 3.8) is 0 Å². The van der Waals surface area contributed by atoms with Gasteiger partial charge in [0.15, 0.2) is 9.84 Å². The molecule has 2 saturated heterocycles. The van der Waals surface area contributed by atoms with E-state index in [0.29, 0.717) is 44.7 Å². The van der Waals surface area contributed by atoms with Gasteiger partial charge in [0, 0.05) is 31.6 Å². The molecule has 0 radical (unpaired) electrons. The number of nitrogens with zero attached hydrogens (tertiary/aromatic N) is 3. The Morgan fingerprint density at radius 2 is 1.49 bits per heavy atom. The largest absolute Gasteiger partial charge is 0.445 e. The van der Waals surface area contributed by atoms with Crippen molar-refractivity contribution in [2.24, 2.45) is 0 Å². The van der Waals surface area contributed by atoms with Crippen LogP contribution in [0.25, 0.3) is 0 Å². The first-order valence-electron chi connectivity index (χ1n) is 13.1. The fourth-order valence-corrected chi connectivity index (χ4v) is 6.32. The standard InChI is InChI=1S/C30H33N3O5S/c1-39(36,37)22-26-12-8-11-25(19-26)20-32-23-33(27-13-6-3-7-14-27)30(28(32)34)15-17-31(18-16-30)29(35)38-21-24-9-4-2-5-10-24/h2-14,19H,15-18,20-23H2,1H3. The van der Waals surface area contributed by atoms with Crippen LogP contribution in [0.15, 0.2) is 84.9 Å². The third-order valence-corrected chi connectivity index (χ3v) is 8.29. The van der Waals surface area contributed by atoms with Gasteiger partial charge in [0.1, 0.15) is 12.1 Å². The van der Waals surface area contributed by atoms with Crippen LogP contribution < -0.4 is 4.90 Å². The van der Waals surface area contributed by atoms with Gasteiger partial charge < -0.3 is 19.4 Å². The highest BCUT2D eigenvalue weighted by Gasteiger charge is 2.54. The molecular formula is C30H33N3O5S. The molecule has 0 atom stereocenters. The van der Waals surface area contributed by atoms with Crippen LogP contribution in [0.3, 0.4) is 0 Å². The zero-order valence-corrected chi connectivity index (χ0v) is 22.8. The highest BCUT2D eigenvalue weighted by atomic mass is 32.2. The van der Waals surface area contributed by atoms with E-state index >= 15 is 0 Å². The first kappa shape index (κ1) is 26.7. The second-order valence-electron chi connectivity index (χ2n) is 10.4. The van der Waals surface area contributed by atoms with Crippen molar-refractivity contribution >= 4 is 27.5 Å². The van der Waals surface area contributed by atoms with Gasteiger partial charge in [-0.15, -0.1) is 0 Å². The van der Waals surface area contributed by atoms with Crippen LogP contribution in [0.4, 0.5) is 10.5 Å². The number of hydrogen-bond donors (Lipinski definition) is 0. The summed E-state index contributed by atoms with van der Waals surface area (Å²) in [5.74, 6) is -0.0115. The van der Waals surface area contributed by atoms with E-state index in [9.17, 15) is 18.0 Å². The number of anilines is 1. The molecule has 3 aromatic carbocycles. The van der Waals surface area contributed by atoms with Crippen LogP contribution in [-0.4, -0.2) is 61.8 Å². The molecule has 0 bridgehead atoms. The van der Waals surface area contributed by atoms with E-state index in [0.717, 1.165) is 16.8 Å². The van der Waals surface area contributed by atoms with E-state index in [1.165, 1.54) is 6.26 Å². The van der Waals surface area contributed by atoms with Gasteiger partial charge in [-0.05, 0) is 41.7 Å². The molecule has 2 aliphatic heterocycles. The number of carbonyl (C=O) groups excluding carboxylic acids is 2. The average Bonchev–Trinajstić information content (AvgIpc) is 3.18. The van der Waals surface area contributed by atoms with Crippen LogP contribution >= 0.6 is 0 Å². The maximum Gasteiger partial charge on any atom is 0.410 e. The zero-order valence-electron chi connectivity index (χ0n) is 22.0. The molecule has 204 valence electrons. The molecule has 2 heterocycles. The Morgan fingerprint density at radius 1 is 0.872 bits per heavy atom. The molecule has 0 saturated carbocycles. The number of carbonyl (C=O) groups is 2. The van der Waals surface area contributed by atoms with Gasteiger partial charge in [-0.3, -0.25) is 4.79 Å². The monoisotopic (exact) mass is 547 g/mol. The summed E-state index contributed by atoms with van der Waals surface area (Å²) in [4.78, 5) is 32.5. The Balaban J connectivity index is 1.31. The van der Waals surface area contributed by atoms with Crippen molar-refractivity contribution in [1.82, 2.24) is 9.80 Å². The number of sulfone groups is 1. The zero-order chi connectivity index (χ0) is 27.5. The van der Waals surface area contributed by atoms with Crippen LogP contribution in [0.1, 0.15) is 29.5 Å². The van der Waals surface area contributed by atoms with E-state index in [1.54, 1.807) is 11.0 Å². The lowest BCUT2D eigenvalue weighted by molar-refractivity contribution is -0.134. The van der Waals surface area contributed by atoms with Crippen molar-refractivity contribution in [2.45, 2.75) is 37.3 Å². The number of rotatable bonds is 7. The lowest BCUT2D eigenvalue weighted by Gasteiger charge is -2.42. The molecule has 0 unspecified atom stereocenters. The highest BCUT2D eigenvalue weighted by Crippen LogP contribution is 2.40. The Bertz CT molecular complexity index is 1420. The van der Waals surface area contributed by atoms with Crippen LogP contribution in [-0.2, 0) is 38.3 Å². The molecule has 0 aliphatic carbocycles. The number of hydrogen-bond acceptors (Lipinski definition) is 6. The number of para-hydroxylation sites is 1. The number of likely N-dealkylation sites (tertiary alicyclic amines) is 1. The average molecular weight is 548 g/mol. The molecular weight excluding hydrogens is 514 g/mol. The summed E-state index contributed by atoms with van der Waals surface area (Å²) in [5, 5.41) is 0. The van der Waals surface area contributed by atoms with E-state index in [1.807, 2.05) is 83.8 Å². The fourth-order valence-electron chi connectivity index (χ4n) is 5.53. The lowest BCUT2D eigenvalue weighted by atomic mass is 9.85. The van der Waals surface area contributed by atoms with Crippen LogP contribution in [0.5, 0.6) is 0 Å². The predicted molar refractivity (Wildman–Crippen MR) is 149 cm³/mol. The normalized spacial score (nSPS) is 17.1. The molecule has 2 aliphatic rings. The molecule has 0 N–H and O–H groups in total. The van der Waals surface area contributed by atoms with Crippen LogP contribution in [0, 0.1) is 0 Å². The molecule has 1 spiro atoms. The third kappa shape index (κ3) is 6.09. The second-order valence-corrected chi connectivity index (χ2v) is 12.5. The minimum Gasteiger partial charge on any atom is -0.445 e. The van der Waals surface area contributed by atoms with E-state index in [-0.39, 0.29) is 24.4 Å². The summed E-state index contributed by atoms with van der Waals surface area (Å²) in [6, 6.07) is 26.8. The molecule has 3 aromatic rings. The fraction of sp³-hybridized carbons (Fsp3) is 0.333. The summed E-state index contributed by atoms with van der Waals surface area (Å²) < 4.78 is 29.1. The van der Waals surface area contributed by atoms with Crippen molar-refractivity contribution < 1.29 is 22.7 Å². The number of piperidine rings is 1. The Morgan fingerprint density at radius 3 is 2.15 bits per heavy atom. The third-order valence-electron chi connectivity index (χ3n) is 7.43. The summed E-state index contributed by atoms with van der Waals surface area (Å²) in [5.41, 5.74) is 2.72. The number of ether oxygens (including phenoxy) is 1. The van der Waals surface area contributed by atoms with E-state index < -0.39 is 15.4 Å². The Hall–Kier alpha value is -3.85.